The molecule has 2 aromatic carbocycles. The summed E-state index contributed by atoms with van der Waals surface area (Å²) in [5.41, 5.74) is 0. The Morgan fingerprint density at radius 2 is 1.74 bits per heavy atom. The highest BCUT2D eigenvalue weighted by atomic mass is 35.5. The molecule has 0 aliphatic rings. The van der Waals surface area contributed by atoms with Crippen molar-refractivity contribution in [1.29, 1.82) is 0 Å². The van der Waals surface area contributed by atoms with Crippen LogP contribution in [0.25, 0.3) is 0 Å². The quantitative estimate of drug-likeness (QED) is 0.493. The van der Waals surface area contributed by atoms with E-state index in [4.69, 9.17) is 30.9 Å². The van der Waals surface area contributed by atoms with Crippen molar-refractivity contribution >= 4 is 27.4 Å². The van der Waals surface area contributed by atoms with Gasteiger partial charge < -0.3 is 19.3 Å². The average molecular weight is 466 g/mol. The first-order valence-electron chi connectivity index (χ1n) is 9.05. The Balaban J connectivity index is 2.07. The molecule has 11 heteroatoms. The maximum atomic E-state index is 12.9. The van der Waals surface area contributed by atoms with Crippen molar-refractivity contribution in [3.8, 4) is 23.1 Å². The molecule has 0 radical (unpaired) electrons. The molecule has 0 amide bonds. The van der Waals surface area contributed by atoms with Gasteiger partial charge in [-0.3, -0.25) is 4.72 Å². The fourth-order valence-corrected chi connectivity index (χ4v) is 3.68. The van der Waals surface area contributed by atoms with Gasteiger partial charge in [-0.15, -0.1) is 0 Å². The van der Waals surface area contributed by atoms with E-state index in [0.717, 1.165) is 0 Å². The van der Waals surface area contributed by atoms with Crippen LogP contribution in [0.2, 0.25) is 5.02 Å². The van der Waals surface area contributed by atoms with E-state index < -0.39 is 10.0 Å². The van der Waals surface area contributed by atoms with Gasteiger partial charge in [-0.2, -0.15) is 4.98 Å². The molecule has 1 aromatic heterocycles. The van der Waals surface area contributed by atoms with Gasteiger partial charge in [0.25, 0.3) is 15.9 Å². The Kier molecular flexibility index (Phi) is 7.16. The molecule has 0 aliphatic heterocycles. The molecule has 0 spiro atoms. The number of nitrogens with one attached hydrogen (secondary N) is 1. The van der Waals surface area contributed by atoms with E-state index in [-0.39, 0.29) is 41.4 Å². The van der Waals surface area contributed by atoms with Gasteiger partial charge in [-0.25, -0.2) is 13.4 Å². The normalized spacial score (nSPS) is 11.1. The largest absolute Gasteiger partial charge is 0.493 e. The van der Waals surface area contributed by atoms with Crippen LogP contribution in [0, 0.1) is 6.92 Å². The second kappa shape index (κ2) is 9.82. The van der Waals surface area contributed by atoms with Gasteiger partial charge in [0.1, 0.15) is 12.4 Å². The summed E-state index contributed by atoms with van der Waals surface area (Å²) in [4.78, 5) is 8.34. The summed E-state index contributed by atoms with van der Waals surface area (Å²) < 4.78 is 44.9. The van der Waals surface area contributed by atoms with Crippen LogP contribution in [0.4, 0.5) is 5.82 Å². The molecule has 1 heterocycles. The molecule has 0 aliphatic carbocycles. The highest BCUT2D eigenvalue weighted by Crippen LogP contribution is 2.40. The van der Waals surface area contributed by atoms with Crippen LogP contribution in [-0.4, -0.2) is 43.8 Å². The van der Waals surface area contributed by atoms with E-state index in [1.54, 1.807) is 31.2 Å². The third-order valence-electron chi connectivity index (χ3n) is 3.91. The number of para-hydroxylation sites is 2. The van der Waals surface area contributed by atoms with Crippen molar-refractivity contribution in [3.05, 3.63) is 59.4 Å². The van der Waals surface area contributed by atoms with E-state index in [1.807, 2.05) is 0 Å². The minimum absolute atomic E-state index is 0.0192. The minimum Gasteiger partial charge on any atom is -0.493 e. The van der Waals surface area contributed by atoms with E-state index in [1.165, 1.54) is 31.4 Å². The number of methoxy groups -OCH3 is 1. The van der Waals surface area contributed by atoms with Crippen molar-refractivity contribution in [2.24, 2.45) is 0 Å². The monoisotopic (exact) mass is 465 g/mol. The fraction of sp³-hybridized carbons (Fsp3) is 0.200. The van der Waals surface area contributed by atoms with Crippen LogP contribution >= 0.6 is 11.6 Å². The molecule has 0 fully saturated rings. The van der Waals surface area contributed by atoms with Crippen LogP contribution in [0.15, 0.2) is 53.4 Å². The Labute approximate surface area is 184 Å². The zero-order chi connectivity index (χ0) is 22.4. The number of hydrogen-bond donors (Lipinski definition) is 2. The Bertz CT molecular complexity index is 1160. The molecule has 0 unspecified atom stereocenters. The summed E-state index contributed by atoms with van der Waals surface area (Å²) >= 11 is 5.85. The van der Waals surface area contributed by atoms with Crippen LogP contribution < -0.4 is 18.9 Å². The van der Waals surface area contributed by atoms with Crippen LogP contribution in [0.1, 0.15) is 5.82 Å². The third kappa shape index (κ3) is 5.54. The first-order chi connectivity index (χ1) is 14.8. The number of aryl methyl sites for hydroxylation is 1. The molecule has 9 nitrogen and oxygen atoms in total. The summed E-state index contributed by atoms with van der Waals surface area (Å²) in [5.74, 6) is 0.665. The van der Waals surface area contributed by atoms with Crippen molar-refractivity contribution in [1.82, 2.24) is 9.97 Å². The lowest BCUT2D eigenvalue weighted by atomic mass is 10.3. The Morgan fingerprint density at radius 3 is 2.39 bits per heavy atom. The second-order valence-electron chi connectivity index (χ2n) is 6.14. The highest BCUT2D eigenvalue weighted by molar-refractivity contribution is 7.92. The van der Waals surface area contributed by atoms with Crippen LogP contribution in [0.5, 0.6) is 23.1 Å². The molecular formula is C20H20ClN3O6S. The van der Waals surface area contributed by atoms with Gasteiger partial charge in [0.2, 0.25) is 5.75 Å². The first kappa shape index (κ1) is 22.6. The lowest BCUT2D eigenvalue weighted by molar-refractivity contribution is 0.192. The molecule has 0 saturated heterocycles. The predicted molar refractivity (Wildman–Crippen MR) is 115 cm³/mol. The predicted octanol–water partition coefficient (Wildman–Crippen LogP) is 3.41. The maximum absolute atomic E-state index is 12.9. The third-order valence-corrected chi connectivity index (χ3v) is 5.52. The number of aromatic nitrogens is 2. The molecule has 0 bridgehead atoms. The number of hydrogen-bond acceptors (Lipinski definition) is 8. The molecule has 3 aromatic rings. The zero-order valence-corrected chi connectivity index (χ0v) is 18.3. The summed E-state index contributed by atoms with van der Waals surface area (Å²) in [7, 11) is -2.56. The fourth-order valence-electron chi connectivity index (χ4n) is 2.55. The standard InChI is InChI=1S/C20H20ClN3O6S/c1-13-22-19(24-31(26,27)15-9-7-14(21)8-10-15)18(20(23-13)29-12-11-25)30-17-6-4-3-5-16(17)28-2/h3-10,25H,11-12H2,1-2H3,(H,22,23,24). The second-order valence-corrected chi connectivity index (χ2v) is 8.26. The number of halogens is 1. The SMILES string of the molecule is COc1ccccc1Oc1c(NS(=O)(=O)c2ccc(Cl)cc2)nc(C)nc1OCCO. The number of anilines is 1. The van der Waals surface area contributed by atoms with Crippen molar-refractivity contribution in [3.63, 3.8) is 0 Å². The Hall–Kier alpha value is -3.08. The highest BCUT2D eigenvalue weighted by Gasteiger charge is 2.24. The number of benzene rings is 2. The van der Waals surface area contributed by atoms with Gasteiger partial charge in [0, 0.05) is 5.02 Å². The van der Waals surface area contributed by atoms with Crippen molar-refractivity contribution in [2.75, 3.05) is 25.0 Å². The maximum Gasteiger partial charge on any atom is 0.263 e. The molecule has 31 heavy (non-hydrogen) atoms. The van der Waals surface area contributed by atoms with Crippen molar-refractivity contribution < 1.29 is 27.7 Å². The zero-order valence-electron chi connectivity index (χ0n) is 16.7. The summed E-state index contributed by atoms with van der Waals surface area (Å²) in [6.07, 6.45) is 0. The first-order valence-corrected chi connectivity index (χ1v) is 10.9. The molecular weight excluding hydrogens is 446 g/mol. The lowest BCUT2D eigenvalue weighted by Gasteiger charge is -2.17. The van der Waals surface area contributed by atoms with Gasteiger partial charge in [0.15, 0.2) is 17.3 Å². The number of aliphatic hydroxyl groups excluding tert-OH is 1. The van der Waals surface area contributed by atoms with E-state index in [0.29, 0.717) is 16.5 Å². The van der Waals surface area contributed by atoms with Gasteiger partial charge in [-0.1, -0.05) is 23.7 Å². The Morgan fingerprint density at radius 1 is 1.06 bits per heavy atom. The summed E-state index contributed by atoms with van der Waals surface area (Å²) in [6, 6.07) is 12.4. The smallest absolute Gasteiger partial charge is 0.263 e. The summed E-state index contributed by atoms with van der Waals surface area (Å²) in [6.45, 7) is 1.21. The summed E-state index contributed by atoms with van der Waals surface area (Å²) in [5, 5.41) is 9.53. The minimum atomic E-state index is -4.03. The van der Waals surface area contributed by atoms with Gasteiger partial charge >= 0.3 is 0 Å². The van der Waals surface area contributed by atoms with Gasteiger partial charge in [0.05, 0.1) is 18.6 Å². The molecule has 3 rings (SSSR count). The topological polar surface area (TPSA) is 120 Å². The molecule has 0 saturated carbocycles. The molecule has 0 atom stereocenters. The molecule has 164 valence electrons. The number of rotatable bonds is 9. The number of ether oxygens (including phenoxy) is 3. The molecule has 2 N–H and O–H groups in total. The van der Waals surface area contributed by atoms with E-state index in [9.17, 15) is 8.42 Å². The van der Waals surface area contributed by atoms with E-state index >= 15 is 0 Å². The lowest BCUT2D eigenvalue weighted by Crippen LogP contribution is -2.16. The number of nitrogens with zero attached hydrogens (tertiary/aromatic N) is 2. The van der Waals surface area contributed by atoms with Crippen molar-refractivity contribution in [2.45, 2.75) is 11.8 Å². The van der Waals surface area contributed by atoms with Crippen LogP contribution in [0.3, 0.4) is 0 Å². The number of sulfonamides is 1. The van der Waals surface area contributed by atoms with Crippen LogP contribution in [-0.2, 0) is 10.0 Å². The van der Waals surface area contributed by atoms with E-state index in [2.05, 4.69) is 14.7 Å². The number of aliphatic hydroxyl groups is 1. The average Bonchev–Trinajstić information content (AvgIpc) is 2.74. The van der Waals surface area contributed by atoms with Gasteiger partial charge in [-0.05, 0) is 43.3 Å².